The second-order valence-corrected chi connectivity index (χ2v) is 15.9. The molecule has 8 nitrogen and oxygen atoms in total. The van der Waals surface area contributed by atoms with E-state index in [1.54, 1.807) is 12.1 Å². The summed E-state index contributed by atoms with van der Waals surface area (Å²) in [4.78, 5) is 17.9. The van der Waals surface area contributed by atoms with Crippen LogP contribution in [0, 0.1) is 5.41 Å². The molecule has 3 aromatic carbocycles. The average Bonchev–Trinajstić information content (AvgIpc) is 3.69. The van der Waals surface area contributed by atoms with Crippen LogP contribution in [0.3, 0.4) is 0 Å². The van der Waals surface area contributed by atoms with E-state index >= 15 is 0 Å². The van der Waals surface area contributed by atoms with Gasteiger partial charge in [0.1, 0.15) is 5.75 Å². The van der Waals surface area contributed by atoms with E-state index < -0.39 is 11.9 Å². The highest BCUT2D eigenvalue weighted by molar-refractivity contribution is 6.36. The third-order valence-electron chi connectivity index (χ3n) is 11.4. The number of likely N-dealkylation sites (tertiary alicyclic amines) is 2. The van der Waals surface area contributed by atoms with Crippen LogP contribution in [0.2, 0.25) is 10.0 Å². The second kappa shape index (κ2) is 15.8. The third-order valence-corrected chi connectivity index (χ3v) is 12.1. The Labute approximate surface area is 318 Å². The van der Waals surface area contributed by atoms with E-state index in [-0.39, 0.29) is 11.7 Å². The number of ether oxygens (including phenoxy) is 1. The minimum absolute atomic E-state index is 0.112. The summed E-state index contributed by atoms with van der Waals surface area (Å²) in [5, 5.41) is 8.75. The van der Waals surface area contributed by atoms with Crippen LogP contribution in [0.25, 0.3) is 22.0 Å². The monoisotopic (exact) mass is 770 g/mol. The Hall–Kier alpha value is -3.32. The fourth-order valence-corrected chi connectivity index (χ4v) is 8.86. The van der Waals surface area contributed by atoms with Crippen molar-refractivity contribution in [1.29, 1.82) is 0 Å². The first kappa shape index (κ1) is 38.0. The first-order chi connectivity index (χ1) is 25.4. The topological polar surface area (TPSA) is 87.8 Å². The Morgan fingerprint density at radius 1 is 0.906 bits per heavy atom. The van der Waals surface area contributed by atoms with Gasteiger partial charge in [-0.05, 0) is 124 Å². The number of carbonyl (C=O) groups excluding carboxylic acids is 1. The van der Waals surface area contributed by atoms with E-state index in [4.69, 9.17) is 28.9 Å². The van der Waals surface area contributed by atoms with Crippen molar-refractivity contribution in [2.24, 2.45) is 11.1 Å². The van der Waals surface area contributed by atoms with Gasteiger partial charge in [0.25, 0.3) is 0 Å². The zero-order chi connectivity index (χ0) is 37.2. The van der Waals surface area contributed by atoms with Crippen LogP contribution in [0.1, 0.15) is 49.7 Å². The van der Waals surface area contributed by atoms with Crippen molar-refractivity contribution < 1.29 is 22.7 Å². The van der Waals surface area contributed by atoms with Gasteiger partial charge in [-0.15, -0.1) is 13.2 Å². The first-order valence-electron chi connectivity index (χ1n) is 18.5. The van der Waals surface area contributed by atoms with Gasteiger partial charge in [0, 0.05) is 71.0 Å². The highest BCUT2D eigenvalue weighted by atomic mass is 35.5. The van der Waals surface area contributed by atoms with E-state index in [1.165, 1.54) is 24.1 Å². The zero-order valence-corrected chi connectivity index (χ0v) is 31.3. The number of amides is 1. The summed E-state index contributed by atoms with van der Waals surface area (Å²) in [6, 6.07) is 18.3. The number of fused-ring (bicyclic) bond motifs is 1. The van der Waals surface area contributed by atoms with Crippen LogP contribution in [0.4, 0.5) is 13.2 Å². The number of alkyl halides is 3. The summed E-state index contributed by atoms with van der Waals surface area (Å²) in [6.45, 7) is 8.29. The van der Waals surface area contributed by atoms with E-state index in [9.17, 15) is 18.0 Å². The minimum Gasteiger partial charge on any atom is -0.406 e. The lowest BCUT2D eigenvalue weighted by Crippen LogP contribution is -2.59. The molecule has 0 radical (unpaired) electrons. The molecule has 0 bridgehead atoms. The molecular weight excluding hydrogens is 724 g/mol. The van der Waals surface area contributed by atoms with Crippen molar-refractivity contribution in [1.82, 2.24) is 25.0 Å². The molecular formula is C40H47Cl2F3N6O2. The zero-order valence-electron chi connectivity index (χ0n) is 29.8. The smallest absolute Gasteiger partial charge is 0.406 e. The molecule has 1 aromatic heterocycles. The molecule has 53 heavy (non-hydrogen) atoms. The van der Waals surface area contributed by atoms with Crippen molar-refractivity contribution in [2.45, 2.75) is 70.1 Å². The number of nitrogens with two attached hydrogens (primary N) is 1. The van der Waals surface area contributed by atoms with Gasteiger partial charge in [0.05, 0.1) is 5.54 Å². The van der Waals surface area contributed by atoms with Gasteiger partial charge in [-0.2, -0.15) is 0 Å². The van der Waals surface area contributed by atoms with Crippen LogP contribution in [-0.4, -0.2) is 78.0 Å². The van der Waals surface area contributed by atoms with Gasteiger partial charge >= 0.3 is 6.36 Å². The number of piperidine rings is 2. The molecule has 284 valence electrons. The van der Waals surface area contributed by atoms with Crippen LogP contribution in [0.5, 0.6) is 5.75 Å². The summed E-state index contributed by atoms with van der Waals surface area (Å²) in [7, 11) is 0. The molecule has 3 aliphatic rings. The number of nitrogens with one attached hydrogen (secondary N) is 2. The largest absolute Gasteiger partial charge is 0.573 e. The van der Waals surface area contributed by atoms with Crippen molar-refractivity contribution in [3.8, 4) is 16.9 Å². The molecule has 4 N–H and O–H groups in total. The Morgan fingerprint density at radius 2 is 1.58 bits per heavy atom. The number of aromatic nitrogens is 1. The quantitative estimate of drug-likeness (QED) is 0.136. The number of carbonyl (C=O) groups is 1. The summed E-state index contributed by atoms with van der Waals surface area (Å²) in [5.41, 5.74) is 10.8. The molecule has 3 saturated heterocycles. The first-order valence-corrected chi connectivity index (χ1v) is 19.3. The Bertz CT molecular complexity index is 1880. The Balaban J connectivity index is 1.03. The predicted molar refractivity (Wildman–Crippen MR) is 204 cm³/mol. The van der Waals surface area contributed by atoms with E-state index in [0.29, 0.717) is 47.8 Å². The lowest BCUT2D eigenvalue weighted by molar-refractivity contribution is -0.274. The average molecular weight is 772 g/mol. The van der Waals surface area contributed by atoms with Crippen molar-refractivity contribution in [3.63, 3.8) is 0 Å². The lowest BCUT2D eigenvalue weighted by atomic mass is 9.77. The molecule has 0 saturated carbocycles. The summed E-state index contributed by atoms with van der Waals surface area (Å²) in [6.07, 6.45) is 2.65. The summed E-state index contributed by atoms with van der Waals surface area (Å²) in [5.74, 6) is -0.367. The Morgan fingerprint density at radius 3 is 2.26 bits per heavy atom. The van der Waals surface area contributed by atoms with Gasteiger partial charge in [-0.1, -0.05) is 47.5 Å². The summed E-state index contributed by atoms with van der Waals surface area (Å²) < 4.78 is 44.9. The molecule has 0 atom stereocenters. The third kappa shape index (κ3) is 8.98. The molecule has 13 heteroatoms. The molecule has 3 fully saturated rings. The van der Waals surface area contributed by atoms with Crippen LogP contribution < -0.4 is 21.1 Å². The molecule has 4 aromatic rings. The van der Waals surface area contributed by atoms with Crippen molar-refractivity contribution in [3.05, 3.63) is 88.0 Å². The number of aryl methyl sites for hydroxylation is 1. The van der Waals surface area contributed by atoms with E-state index in [0.717, 1.165) is 92.8 Å². The van der Waals surface area contributed by atoms with Gasteiger partial charge in [-0.25, -0.2) is 0 Å². The summed E-state index contributed by atoms with van der Waals surface area (Å²) >= 11 is 12.9. The number of hydrogen-bond donors (Lipinski definition) is 3. The van der Waals surface area contributed by atoms with Crippen LogP contribution in [-0.2, 0) is 24.4 Å². The molecule has 1 spiro atoms. The standard InChI is InChI=1S/C40H47Cl2F3N6O2/c41-34-3-1-4-35(42)33(34)25-49-20-13-38(14-21-49)15-22-50(27-38)24-28-5-10-36-31(23-28)32(29-6-8-30(9-7-29)53-40(43,44)45)26-51(36)19-2-16-48-37(52)39(46)11-17-47-18-12-39/h1,3-10,23,26,47H,2,11-22,24-25,27,46H2,(H,48,52). The van der Waals surface area contributed by atoms with E-state index in [1.807, 2.05) is 18.2 Å². The number of benzene rings is 3. The van der Waals surface area contributed by atoms with Gasteiger partial charge in [0.2, 0.25) is 5.91 Å². The maximum atomic E-state index is 12.9. The fourth-order valence-electron chi connectivity index (χ4n) is 8.34. The molecule has 3 aliphatic heterocycles. The van der Waals surface area contributed by atoms with Gasteiger partial charge < -0.3 is 25.7 Å². The molecule has 7 rings (SSSR count). The van der Waals surface area contributed by atoms with Gasteiger partial charge in [-0.3, -0.25) is 14.6 Å². The van der Waals surface area contributed by atoms with Gasteiger partial charge in [0.15, 0.2) is 0 Å². The SMILES string of the molecule is NC1(C(=O)NCCCn2cc(-c3ccc(OC(F)(F)F)cc3)c3cc(CN4CCC5(CCN(Cc6c(Cl)cccc6Cl)CC5)C4)ccc32)CCNCC1. The lowest BCUT2D eigenvalue weighted by Gasteiger charge is -2.39. The molecule has 0 unspecified atom stereocenters. The highest BCUT2D eigenvalue weighted by Gasteiger charge is 2.40. The van der Waals surface area contributed by atoms with Crippen molar-refractivity contribution in [2.75, 3.05) is 45.8 Å². The minimum atomic E-state index is -4.75. The van der Waals surface area contributed by atoms with Crippen molar-refractivity contribution >= 4 is 40.0 Å². The van der Waals surface area contributed by atoms with E-state index in [2.05, 4.69) is 54.1 Å². The number of halogens is 5. The second-order valence-electron chi connectivity index (χ2n) is 15.1. The van der Waals surface area contributed by atoms with Crippen LogP contribution >= 0.6 is 23.2 Å². The number of nitrogens with zero attached hydrogens (tertiary/aromatic N) is 3. The number of hydrogen-bond acceptors (Lipinski definition) is 6. The molecule has 1 amide bonds. The Kier molecular flexibility index (Phi) is 11.3. The normalized spacial score (nSPS) is 19.2. The predicted octanol–water partition coefficient (Wildman–Crippen LogP) is 7.59. The van der Waals surface area contributed by atoms with Crippen LogP contribution in [0.15, 0.2) is 66.9 Å². The molecule has 0 aliphatic carbocycles. The maximum Gasteiger partial charge on any atom is 0.573 e. The highest BCUT2D eigenvalue weighted by Crippen LogP contribution is 2.42. The fraction of sp³-hybridized carbons (Fsp3) is 0.475. The maximum absolute atomic E-state index is 12.9. The number of rotatable bonds is 11. The molecule has 4 heterocycles.